The van der Waals surface area contributed by atoms with Crippen LogP contribution in [-0.4, -0.2) is 17.0 Å². The first-order valence-electron chi connectivity index (χ1n) is 4.63. The Morgan fingerprint density at radius 2 is 1.88 bits per heavy atom. The molecule has 1 heterocycles. The Morgan fingerprint density at radius 3 is 2.50 bits per heavy atom. The van der Waals surface area contributed by atoms with E-state index in [1.165, 1.54) is 18.5 Å². The lowest BCUT2D eigenvalue weighted by atomic mass is 10.3. The Balaban J connectivity index is 2.31. The molecule has 2 rings (SSSR count). The summed E-state index contributed by atoms with van der Waals surface area (Å²) in [5.74, 6) is 0.393. The number of hydrogen-bond donors (Lipinski definition) is 0. The predicted molar refractivity (Wildman–Crippen MR) is 61.5 cm³/mol. The van der Waals surface area contributed by atoms with Gasteiger partial charge in [0, 0.05) is 18.8 Å². The summed E-state index contributed by atoms with van der Waals surface area (Å²) in [6, 6.07) is 7.78. The van der Waals surface area contributed by atoms with Gasteiger partial charge in [-0.3, -0.25) is 0 Å². The molecule has 0 aliphatic rings. The molecule has 0 saturated heterocycles. The topological polar surface area (TPSA) is 29.0 Å². The highest BCUT2D eigenvalue weighted by atomic mass is 35.5. The fourth-order valence-corrected chi connectivity index (χ4v) is 1.45. The molecule has 1 aromatic heterocycles. The molecule has 0 N–H and O–H groups in total. The highest BCUT2D eigenvalue weighted by molar-refractivity contribution is 6.29. The van der Waals surface area contributed by atoms with Crippen molar-refractivity contribution in [3.05, 3.63) is 47.6 Å². The second-order valence-corrected chi connectivity index (χ2v) is 3.62. The van der Waals surface area contributed by atoms with E-state index in [-0.39, 0.29) is 5.82 Å². The molecule has 0 spiro atoms. The lowest BCUT2D eigenvalue weighted by molar-refractivity contribution is 0.628. The Labute approximate surface area is 97.5 Å². The third-order valence-electron chi connectivity index (χ3n) is 2.18. The predicted octanol–water partition coefficient (Wildman–Crippen LogP) is 3.04. The zero-order valence-electron chi connectivity index (χ0n) is 8.56. The molecule has 0 unspecified atom stereocenters. The molecule has 0 saturated carbocycles. The van der Waals surface area contributed by atoms with Crippen LogP contribution in [0.25, 0.3) is 0 Å². The van der Waals surface area contributed by atoms with Crippen LogP contribution in [0.15, 0.2) is 36.7 Å². The average Bonchev–Trinajstić information content (AvgIpc) is 2.29. The first-order chi connectivity index (χ1) is 7.66. The van der Waals surface area contributed by atoms with Gasteiger partial charge in [-0.25, -0.2) is 14.4 Å². The van der Waals surface area contributed by atoms with Gasteiger partial charge in [-0.05, 0) is 24.3 Å². The van der Waals surface area contributed by atoms with E-state index in [2.05, 4.69) is 9.97 Å². The maximum absolute atomic E-state index is 12.8. The smallest absolute Gasteiger partial charge is 0.137 e. The molecule has 0 atom stereocenters. The van der Waals surface area contributed by atoms with E-state index in [0.717, 1.165) is 5.69 Å². The minimum atomic E-state index is -0.266. The normalized spacial score (nSPS) is 10.2. The molecule has 3 nitrogen and oxygen atoms in total. The van der Waals surface area contributed by atoms with Crippen molar-refractivity contribution in [2.45, 2.75) is 0 Å². The summed E-state index contributed by atoms with van der Waals surface area (Å²) in [5.41, 5.74) is 0.830. The summed E-state index contributed by atoms with van der Waals surface area (Å²) < 4.78 is 12.8. The fraction of sp³-hybridized carbons (Fsp3) is 0.0909. The minimum Gasteiger partial charge on any atom is -0.329 e. The van der Waals surface area contributed by atoms with Crippen molar-refractivity contribution in [2.24, 2.45) is 0 Å². The number of nitrogens with zero attached hydrogens (tertiary/aromatic N) is 3. The summed E-state index contributed by atoms with van der Waals surface area (Å²) in [4.78, 5) is 9.67. The number of halogens is 2. The maximum Gasteiger partial charge on any atom is 0.137 e. The summed E-state index contributed by atoms with van der Waals surface area (Å²) in [7, 11) is 1.83. The highest BCUT2D eigenvalue weighted by Crippen LogP contribution is 2.22. The van der Waals surface area contributed by atoms with Crippen LogP contribution in [-0.2, 0) is 0 Å². The molecule has 82 valence electrons. The van der Waals surface area contributed by atoms with E-state index in [0.29, 0.717) is 11.0 Å². The van der Waals surface area contributed by atoms with Crippen LogP contribution in [0.4, 0.5) is 15.9 Å². The van der Waals surface area contributed by atoms with Crippen molar-refractivity contribution >= 4 is 23.1 Å². The fourth-order valence-electron chi connectivity index (χ4n) is 1.30. The average molecular weight is 238 g/mol. The molecular weight excluding hydrogens is 229 g/mol. The molecule has 5 heteroatoms. The summed E-state index contributed by atoms with van der Waals surface area (Å²) in [5, 5.41) is 0.374. The van der Waals surface area contributed by atoms with Gasteiger partial charge in [0.1, 0.15) is 23.1 Å². The van der Waals surface area contributed by atoms with E-state index in [1.807, 2.05) is 7.05 Å². The minimum absolute atomic E-state index is 0.266. The van der Waals surface area contributed by atoms with Crippen molar-refractivity contribution in [3.63, 3.8) is 0 Å². The highest BCUT2D eigenvalue weighted by Gasteiger charge is 2.05. The number of aromatic nitrogens is 2. The van der Waals surface area contributed by atoms with Gasteiger partial charge in [0.15, 0.2) is 0 Å². The van der Waals surface area contributed by atoms with Gasteiger partial charge in [0.25, 0.3) is 0 Å². The van der Waals surface area contributed by atoms with Gasteiger partial charge in [0.05, 0.1) is 0 Å². The van der Waals surface area contributed by atoms with Crippen molar-refractivity contribution < 1.29 is 4.39 Å². The Bertz CT molecular complexity index is 487. The van der Waals surface area contributed by atoms with Crippen molar-refractivity contribution in [2.75, 3.05) is 11.9 Å². The first kappa shape index (κ1) is 10.8. The van der Waals surface area contributed by atoms with Crippen molar-refractivity contribution in [3.8, 4) is 0 Å². The van der Waals surface area contributed by atoms with Gasteiger partial charge in [0.2, 0.25) is 0 Å². The van der Waals surface area contributed by atoms with Gasteiger partial charge in [-0.2, -0.15) is 0 Å². The summed E-state index contributed by atoms with van der Waals surface area (Å²) in [6.07, 6.45) is 1.39. The SMILES string of the molecule is CN(c1ccc(F)cc1)c1cc(Cl)ncn1. The maximum atomic E-state index is 12.8. The van der Waals surface area contributed by atoms with Crippen molar-refractivity contribution in [1.29, 1.82) is 0 Å². The molecule has 2 aromatic rings. The van der Waals surface area contributed by atoms with Crippen molar-refractivity contribution in [1.82, 2.24) is 9.97 Å². The zero-order valence-corrected chi connectivity index (χ0v) is 9.32. The van der Waals surface area contributed by atoms with E-state index < -0.39 is 0 Å². The number of hydrogen-bond acceptors (Lipinski definition) is 3. The third kappa shape index (κ3) is 2.28. The van der Waals surface area contributed by atoms with E-state index >= 15 is 0 Å². The van der Waals surface area contributed by atoms with Gasteiger partial charge in [-0.15, -0.1) is 0 Å². The van der Waals surface area contributed by atoms with E-state index in [1.54, 1.807) is 23.1 Å². The Morgan fingerprint density at radius 1 is 1.19 bits per heavy atom. The lowest BCUT2D eigenvalue weighted by Gasteiger charge is -2.17. The standard InChI is InChI=1S/C11H9ClFN3/c1-16(9-4-2-8(13)3-5-9)11-6-10(12)14-7-15-11/h2-7H,1H3. The Kier molecular flexibility index (Phi) is 3.01. The first-order valence-corrected chi connectivity index (χ1v) is 5.01. The second kappa shape index (κ2) is 4.45. The van der Waals surface area contributed by atoms with Crippen LogP contribution in [0.2, 0.25) is 5.15 Å². The monoisotopic (exact) mass is 237 g/mol. The van der Waals surface area contributed by atoms with Crippen LogP contribution in [0.1, 0.15) is 0 Å². The quantitative estimate of drug-likeness (QED) is 0.752. The second-order valence-electron chi connectivity index (χ2n) is 3.23. The van der Waals surface area contributed by atoms with E-state index in [4.69, 9.17) is 11.6 Å². The van der Waals surface area contributed by atoms with Crippen LogP contribution in [0.5, 0.6) is 0 Å². The number of benzene rings is 1. The van der Waals surface area contributed by atoms with Crippen LogP contribution in [0.3, 0.4) is 0 Å². The zero-order chi connectivity index (χ0) is 11.5. The molecule has 0 radical (unpaired) electrons. The lowest BCUT2D eigenvalue weighted by Crippen LogP contribution is -2.11. The van der Waals surface area contributed by atoms with Gasteiger partial charge >= 0.3 is 0 Å². The summed E-state index contributed by atoms with van der Waals surface area (Å²) >= 11 is 5.76. The molecular formula is C11H9ClFN3. The molecule has 1 aromatic carbocycles. The molecule has 0 bridgehead atoms. The number of rotatable bonds is 2. The molecule has 0 fully saturated rings. The third-order valence-corrected chi connectivity index (χ3v) is 2.38. The van der Waals surface area contributed by atoms with Gasteiger partial charge in [-0.1, -0.05) is 11.6 Å². The largest absolute Gasteiger partial charge is 0.329 e. The van der Waals surface area contributed by atoms with Crippen LogP contribution in [0, 0.1) is 5.82 Å². The van der Waals surface area contributed by atoms with E-state index in [9.17, 15) is 4.39 Å². The Hall–Kier alpha value is -1.68. The summed E-state index contributed by atoms with van der Waals surface area (Å²) in [6.45, 7) is 0. The van der Waals surface area contributed by atoms with Crippen LogP contribution >= 0.6 is 11.6 Å². The van der Waals surface area contributed by atoms with Crippen LogP contribution < -0.4 is 4.90 Å². The molecule has 0 aliphatic heterocycles. The molecule has 16 heavy (non-hydrogen) atoms. The molecule has 0 aliphatic carbocycles. The number of anilines is 2. The molecule has 0 amide bonds. The van der Waals surface area contributed by atoms with Gasteiger partial charge < -0.3 is 4.90 Å².